The van der Waals surface area contributed by atoms with Crippen LogP contribution in [0.3, 0.4) is 0 Å². The Kier molecular flexibility index (Phi) is 7.36. The van der Waals surface area contributed by atoms with E-state index in [1.165, 1.54) is 22.9 Å². The third-order valence-corrected chi connectivity index (χ3v) is 4.16. The van der Waals surface area contributed by atoms with Crippen LogP contribution in [0.1, 0.15) is 24.0 Å². The quantitative estimate of drug-likeness (QED) is 0.726. The monoisotopic (exact) mass is 301 g/mol. The summed E-state index contributed by atoms with van der Waals surface area (Å²) in [6.45, 7) is 4.89. The van der Waals surface area contributed by atoms with Gasteiger partial charge in [-0.15, -0.1) is 11.8 Å². The zero-order chi connectivity index (χ0) is 15.7. The summed E-state index contributed by atoms with van der Waals surface area (Å²) >= 11 is 1.49. The Labute approximate surface area is 130 Å². The summed E-state index contributed by atoms with van der Waals surface area (Å²) < 4.78 is 0. The molecule has 5 heteroatoms. The number of hydrogen-bond acceptors (Lipinski definition) is 4. The fourth-order valence-electron chi connectivity index (χ4n) is 1.77. The van der Waals surface area contributed by atoms with Crippen LogP contribution in [-0.2, 0) is 4.79 Å². The van der Waals surface area contributed by atoms with Crippen LogP contribution in [0.4, 0.5) is 0 Å². The molecule has 4 nitrogen and oxygen atoms in total. The van der Waals surface area contributed by atoms with Gasteiger partial charge in [-0.2, -0.15) is 10.5 Å². The Morgan fingerprint density at radius 1 is 1.14 bits per heavy atom. The minimum absolute atomic E-state index is 0.0243. The molecular weight excluding hydrogens is 282 g/mol. The first-order valence-electron chi connectivity index (χ1n) is 6.80. The van der Waals surface area contributed by atoms with E-state index in [0.29, 0.717) is 31.7 Å². The van der Waals surface area contributed by atoms with E-state index in [2.05, 4.69) is 13.0 Å². The number of carbonyl (C=O) groups excluding carboxylic acids is 1. The van der Waals surface area contributed by atoms with Crippen LogP contribution >= 0.6 is 11.8 Å². The molecule has 0 spiro atoms. The molecule has 1 amide bonds. The molecule has 0 bridgehead atoms. The lowest BCUT2D eigenvalue weighted by molar-refractivity contribution is -0.128. The van der Waals surface area contributed by atoms with E-state index in [9.17, 15) is 4.79 Å². The average Bonchev–Trinajstić information content (AvgIpc) is 2.48. The molecule has 1 aromatic carbocycles. The predicted octanol–water partition coefficient (Wildman–Crippen LogP) is 3.05. The molecule has 21 heavy (non-hydrogen) atoms. The number of hydrogen-bond donors (Lipinski definition) is 0. The third-order valence-electron chi connectivity index (χ3n) is 3.18. The average molecular weight is 301 g/mol. The van der Waals surface area contributed by atoms with Crippen molar-refractivity contribution in [2.24, 2.45) is 0 Å². The van der Waals surface area contributed by atoms with Crippen molar-refractivity contribution < 1.29 is 4.79 Å². The second-order valence-corrected chi connectivity index (χ2v) is 5.78. The van der Waals surface area contributed by atoms with Crippen LogP contribution in [0.25, 0.3) is 0 Å². The molecular formula is C16H19N3OS. The first-order chi connectivity index (χ1) is 10.1. The van der Waals surface area contributed by atoms with Gasteiger partial charge >= 0.3 is 0 Å². The highest BCUT2D eigenvalue weighted by Crippen LogP contribution is 2.21. The molecule has 0 aromatic heterocycles. The molecule has 0 aliphatic heterocycles. The molecule has 0 fully saturated rings. The summed E-state index contributed by atoms with van der Waals surface area (Å²) in [7, 11) is 0. The van der Waals surface area contributed by atoms with E-state index in [1.807, 2.05) is 31.2 Å². The Hall–Kier alpha value is -1.98. The summed E-state index contributed by atoms with van der Waals surface area (Å²) in [5.74, 6) is 0.308. The molecule has 0 aliphatic rings. The van der Waals surface area contributed by atoms with E-state index in [4.69, 9.17) is 10.5 Å². The molecule has 0 radical (unpaired) electrons. The molecule has 0 unspecified atom stereocenters. The Bertz CT molecular complexity index is 554. The first-order valence-corrected chi connectivity index (χ1v) is 7.78. The summed E-state index contributed by atoms with van der Waals surface area (Å²) in [6, 6.07) is 10.2. The minimum Gasteiger partial charge on any atom is -0.340 e. The van der Waals surface area contributed by atoms with E-state index < -0.39 is 0 Å². The minimum atomic E-state index is -0.0243. The summed E-state index contributed by atoms with van der Waals surface area (Å²) in [5.41, 5.74) is 2.44. The molecule has 1 aromatic rings. The van der Waals surface area contributed by atoms with Crippen LogP contribution in [0, 0.1) is 36.5 Å². The van der Waals surface area contributed by atoms with Gasteiger partial charge in [0.2, 0.25) is 5.91 Å². The predicted molar refractivity (Wildman–Crippen MR) is 83.7 cm³/mol. The van der Waals surface area contributed by atoms with Crippen molar-refractivity contribution in [2.75, 3.05) is 18.8 Å². The third kappa shape index (κ3) is 5.89. The van der Waals surface area contributed by atoms with Crippen molar-refractivity contribution in [1.82, 2.24) is 4.90 Å². The van der Waals surface area contributed by atoms with Crippen LogP contribution in [0.2, 0.25) is 0 Å². The number of nitrogens with zero attached hydrogens (tertiary/aromatic N) is 3. The summed E-state index contributed by atoms with van der Waals surface area (Å²) in [6.07, 6.45) is 0.594. The smallest absolute Gasteiger partial charge is 0.232 e. The molecule has 0 aliphatic carbocycles. The van der Waals surface area contributed by atoms with E-state index in [1.54, 1.807) is 4.90 Å². The largest absolute Gasteiger partial charge is 0.340 e. The van der Waals surface area contributed by atoms with E-state index in [0.717, 1.165) is 4.90 Å². The van der Waals surface area contributed by atoms with Gasteiger partial charge in [0.15, 0.2) is 0 Å². The van der Waals surface area contributed by atoms with Crippen LogP contribution in [0.15, 0.2) is 23.1 Å². The molecule has 0 saturated carbocycles. The van der Waals surface area contributed by atoms with Gasteiger partial charge < -0.3 is 4.90 Å². The molecule has 0 atom stereocenters. The van der Waals surface area contributed by atoms with E-state index in [-0.39, 0.29) is 5.91 Å². The lowest BCUT2D eigenvalue weighted by Crippen LogP contribution is -2.34. The zero-order valence-electron chi connectivity index (χ0n) is 12.4. The number of nitriles is 2. The molecule has 0 saturated heterocycles. The van der Waals surface area contributed by atoms with Crippen molar-refractivity contribution in [3.05, 3.63) is 29.3 Å². The SMILES string of the molecule is Cc1ccc(SCC(=O)N(CCC#N)CCC#N)cc1C. The highest BCUT2D eigenvalue weighted by Gasteiger charge is 2.13. The maximum atomic E-state index is 12.2. The van der Waals surface area contributed by atoms with Crippen LogP contribution in [-0.4, -0.2) is 29.6 Å². The number of rotatable bonds is 7. The van der Waals surface area contributed by atoms with Crippen LogP contribution in [0.5, 0.6) is 0 Å². The van der Waals surface area contributed by atoms with Gasteiger partial charge in [-0.25, -0.2) is 0 Å². The fourth-order valence-corrected chi connectivity index (χ4v) is 2.67. The molecule has 0 N–H and O–H groups in total. The maximum absolute atomic E-state index is 12.2. The molecule has 0 heterocycles. The van der Waals surface area contributed by atoms with E-state index >= 15 is 0 Å². The number of aryl methyl sites for hydroxylation is 2. The molecule has 110 valence electrons. The van der Waals surface area contributed by atoms with Crippen molar-refractivity contribution in [3.63, 3.8) is 0 Å². The Balaban J connectivity index is 2.57. The highest BCUT2D eigenvalue weighted by molar-refractivity contribution is 8.00. The number of carbonyl (C=O) groups is 1. The summed E-state index contributed by atoms with van der Waals surface area (Å²) in [4.78, 5) is 14.8. The van der Waals surface area contributed by atoms with Crippen molar-refractivity contribution >= 4 is 17.7 Å². The topological polar surface area (TPSA) is 67.9 Å². The normalized spacial score (nSPS) is 9.71. The fraction of sp³-hybridized carbons (Fsp3) is 0.438. The Morgan fingerprint density at radius 2 is 1.76 bits per heavy atom. The highest BCUT2D eigenvalue weighted by atomic mass is 32.2. The zero-order valence-corrected chi connectivity index (χ0v) is 13.2. The lowest BCUT2D eigenvalue weighted by atomic mass is 10.1. The van der Waals surface area contributed by atoms with Gasteiger partial charge in [0.05, 0.1) is 30.7 Å². The number of benzene rings is 1. The first kappa shape index (κ1) is 17.1. The van der Waals surface area contributed by atoms with Crippen molar-refractivity contribution in [1.29, 1.82) is 10.5 Å². The van der Waals surface area contributed by atoms with Crippen molar-refractivity contribution in [2.45, 2.75) is 31.6 Å². The maximum Gasteiger partial charge on any atom is 0.232 e. The number of amides is 1. The van der Waals surface area contributed by atoms with Gasteiger partial charge in [0.1, 0.15) is 0 Å². The second kappa shape index (κ2) is 9.05. The van der Waals surface area contributed by atoms with Gasteiger partial charge in [0, 0.05) is 18.0 Å². The standard InChI is InChI=1S/C16H19N3OS/c1-13-5-6-15(11-14(13)2)21-12-16(20)19(9-3-7-17)10-4-8-18/h5-6,11H,3-4,9-10,12H2,1-2H3. The Morgan fingerprint density at radius 3 is 2.29 bits per heavy atom. The van der Waals surface area contributed by atoms with Gasteiger partial charge in [-0.05, 0) is 37.1 Å². The van der Waals surface area contributed by atoms with Crippen LogP contribution < -0.4 is 0 Å². The summed E-state index contributed by atoms with van der Waals surface area (Å²) in [5, 5.41) is 17.3. The lowest BCUT2D eigenvalue weighted by Gasteiger charge is -2.20. The number of thioether (sulfide) groups is 1. The van der Waals surface area contributed by atoms with Gasteiger partial charge in [-0.3, -0.25) is 4.79 Å². The van der Waals surface area contributed by atoms with Gasteiger partial charge in [-0.1, -0.05) is 6.07 Å². The second-order valence-electron chi connectivity index (χ2n) is 4.73. The van der Waals surface area contributed by atoms with Crippen molar-refractivity contribution in [3.8, 4) is 12.1 Å². The molecule has 1 rings (SSSR count). The van der Waals surface area contributed by atoms with Gasteiger partial charge in [0.25, 0.3) is 0 Å².